The summed E-state index contributed by atoms with van der Waals surface area (Å²) in [6.45, 7) is 5.19. The van der Waals surface area contributed by atoms with E-state index in [1.165, 1.54) is 44.6 Å². The first-order valence-electron chi connectivity index (χ1n) is 11.4. The number of aromatic hydroxyl groups is 1. The van der Waals surface area contributed by atoms with Crippen molar-refractivity contribution in [3.05, 3.63) is 40.8 Å². The summed E-state index contributed by atoms with van der Waals surface area (Å²) in [4.78, 5) is 12.5. The van der Waals surface area contributed by atoms with E-state index in [1.54, 1.807) is 12.1 Å². The average Bonchev–Trinajstić information content (AvgIpc) is 2.73. The third-order valence-corrected chi connectivity index (χ3v) is 4.98. The lowest BCUT2D eigenvalue weighted by Gasteiger charge is -2.13. The van der Waals surface area contributed by atoms with E-state index in [9.17, 15) is 9.90 Å². The molecule has 0 saturated carbocycles. The van der Waals surface area contributed by atoms with Crippen molar-refractivity contribution in [3.63, 3.8) is 0 Å². The molecule has 0 amide bonds. The lowest BCUT2D eigenvalue weighted by molar-refractivity contribution is 0.258. The Balaban J connectivity index is 2.00. The molecule has 1 aromatic carbocycles. The van der Waals surface area contributed by atoms with Crippen molar-refractivity contribution in [3.8, 4) is 17.2 Å². The van der Waals surface area contributed by atoms with E-state index in [0.29, 0.717) is 36.4 Å². The number of hydrogen-bond donors (Lipinski definition) is 1. The molecule has 0 aliphatic carbocycles. The van der Waals surface area contributed by atoms with Gasteiger partial charge in [-0.05, 0) is 31.4 Å². The fraction of sp³-hybridized carbons (Fsp3) is 0.560. The summed E-state index contributed by atoms with van der Waals surface area (Å²) >= 11 is 0. The van der Waals surface area contributed by atoms with E-state index in [2.05, 4.69) is 19.9 Å². The summed E-state index contributed by atoms with van der Waals surface area (Å²) in [7, 11) is 0. The fourth-order valence-electron chi connectivity index (χ4n) is 3.34. The fourth-order valence-corrected chi connectivity index (χ4v) is 3.34. The Bertz CT molecular complexity index is 837. The van der Waals surface area contributed by atoms with Gasteiger partial charge in [-0.3, -0.25) is 0 Å². The van der Waals surface area contributed by atoms with Gasteiger partial charge in [0.2, 0.25) is 5.75 Å². The van der Waals surface area contributed by atoms with Crippen molar-refractivity contribution in [1.29, 1.82) is 0 Å². The molecule has 1 heterocycles. The summed E-state index contributed by atoms with van der Waals surface area (Å²) < 4.78 is 17.1. The highest BCUT2D eigenvalue weighted by Crippen LogP contribution is 2.34. The molecule has 166 valence electrons. The minimum absolute atomic E-state index is 0.0399. The molecular weight excluding hydrogens is 380 g/mol. The van der Waals surface area contributed by atoms with Gasteiger partial charge in [-0.1, -0.05) is 70.9 Å². The largest absolute Gasteiger partial charge is 0.508 e. The first kappa shape index (κ1) is 23.8. The van der Waals surface area contributed by atoms with Crippen LogP contribution in [0.3, 0.4) is 0 Å². The lowest BCUT2D eigenvalue weighted by Crippen LogP contribution is -2.11. The molecule has 0 unspecified atom stereocenters. The molecule has 2 aromatic rings. The second kappa shape index (κ2) is 13.7. The zero-order valence-electron chi connectivity index (χ0n) is 18.5. The van der Waals surface area contributed by atoms with Crippen molar-refractivity contribution >= 4 is 11.0 Å². The van der Waals surface area contributed by atoms with Crippen LogP contribution in [-0.4, -0.2) is 18.3 Å². The third kappa shape index (κ3) is 7.77. The molecule has 5 nitrogen and oxygen atoms in total. The van der Waals surface area contributed by atoms with Crippen LogP contribution >= 0.6 is 0 Å². The van der Waals surface area contributed by atoms with E-state index in [1.807, 2.05) is 6.08 Å². The Hall–Kier alpha value is -2.43. The Labute approximate surface area is 179 Å². The number of phenols is 1. The minimum Gasteiger partial charge on any atom is -0.508 e. The molecule has 0 radical (unpaired) electrons. The SMILES string of the molecule is CCC=CCCOc1c(OCCCCCCCCCC)c2ccc(O)cc2oc1=O. The van der Waals surface area contributed by atoms with Gasteiger partial charge in [0.25, 0.3) is 0 Å². The molecule has 0 fully saturated rings. The summed E-state index contributed by atoms with van der Waals surface area (Å²) in [5, 5.41) is 10.3. The van der Waals surface area contributed by atoms with Gasteiger partial charge in [0.05, 0.1) is 18.6 Å². The van der Waals surface area contributed by atoms with Crippen molar-refractivity contribution in [1.82, 2.24) is 0 Å². The molecule has 0 bridgehead atoms. The predicted octanol–water partition coefficient (Wildman–Crippen LogP) is 6.75. The predicted molar refractivity (Wildman–Crippen MR) is 122 cm³/mol. The number of ether oxygens (including phenoxy) is 2. The Morgan fingerprint density at radius 2 is 1.60 bits per heavy atom. The van der Waals surface area contributed by atoms with Crippen LogP contribution in [0.1, 0.15) is 78.1 Å². The molecule has 2 rings (SSSR count). The van der Waals surface area contributed by atoms with E-state index < -0.39 is 5.63 Å². The number of hydrogen-bond acceptors (Lipinski definition) is 5. The van der Waals surface area contributed by atoms with Gasteiger partial charge in [0.1, 0.15) is 11.3 Å². The van der Waals surface area contributed by atoms with Crippen molar-refractivity contribution in [2.24, 2.45) is 0 Å². The van der Waals surface area contributed by atoms with Crippen LogP contribution in [0.15, 0.2) is 39.6 Å². The van der Waals surface area contributed by atoms with Crippen LogP contribution in [0.25, 0.3) is 11.0 Å². The standard InChI is InChI=1S/C25H36O5/c1-3-5-7-9-10-11-12-14-17-28-23-21-16-15-20(26)19-22(21)30-25(27)24(23)29-18-13-8-6-4-2/h6,8,15-16,19,26H,3-5,7,9-14,17-18H2,1-2H3. The van der Waals surface area contributed by atoms with E-state index in [4.69, 9.17) is 13.9 Å². The van der Waals surface area contributed by atoms with Crippen molar-refractivity contribution in [2.45, 2.75) is 78.1 Å². The molecule has 0 aliphatic rings. The average molecular weight is 417 g/mol. The van der Waals surface area contributed by atoms with Gasteiger partial charge in [0, 0.05) is 6.07 Å². The number of fused-ring (bicyclic) bond motifs is 1. The number of allylic oxidation sites excluding steroid dienone is 1. The van der Waals surface area contributed by atoms with E-state index in [0.717, 1.165) is 19.3 Å². The topological polar surface area (TPSA) is 68.9 Å². The normalized spacial score (nSPS) is 11.4. The van der Waals surface area contributed by atoms with Gasteiger partial charge < -0.3 is 19.0 Å². The van der Waals surface area contributed by atoms with Gasteiger partial charge in [-0.15, -0.1) is 0 Å². The first-order valence-corrected chi connectivity index (χ1v) is 11.4. The quantitative estimate of drug-likeness (QED) is 0.197. The van der Waals surface area contributed by atoms with Gasteiger partial charge in [-0.2, -0.15) is 0 Å². The lowest BCUT2D eigenvalue weighted by atomic mass is 10.1. The second-order valence-electron chi connectivity index (χ2n) is 7.57. The summed E-state index contributed by atoms with van der Waals surface area (Å²) in [6, 6.07) is 4.67. The molecule has 1 aromatic heterocycles. The summed E-state index contributed by atoms with van der Waals surface area (Å²) in [5.41, 5.74) is -0.289. The van der Waals surface area contributed by atoms with Gasteiger partial charge >= 0.3 is 5.63 Å². The highest BCUT2D eigenvalue weighted by Gasteiger charge is 2.18. The zero-order valence-corrected chi connectivity index (χ0v) is 18.5. The van der Waals surface area contributed by atoms with E-state index in [-0.39, 0.29) is 11.5 Å². The molecule has 5 heteroatoms. The van der Waals surface area contributed by atoms with Gasteiger partial charge in [-0.25, -0.2) is 4.79 Å². The molecule has 0 aliphatic heterocycles. The van der Waals surface area contributed by atoms with Crippen molar-refractivity contribution < 1.29 is 19.0 Å². The van der Waals surface area contributed by atoms with Crippen LogP contribution in [0.4, 0.5) is 0 Å². The Morgan fingerprint density at radius 1 is 0.900 bits per heavy atom. The first-order chi connectivity index (χ1) is 14.7. The smallest absolute Gasteiger partial charge is 0.383 e. The van der Waals surface area contributed by atoms with Crippen LogP contribution in [0.5, 0.6) is 17.2 Å². The van der Waals surface area contributed by atoms with Crippen molar-refractivity contribution in [2.75, 3.05) is 13.2 Å². The zero-order chi connectivity index (χ0) is 21.6. The van der Waals surface area contributed by atoms with Crippen LogP contribution in [0, 0.1) is 0 Å². The molecule has 1 N–H and O–H groups in total. The number of unbranched alkanes of at least 4 members (excludes halogenated alkanes) is 7. The second-order valence-corrected chi connectivity index (χ2v) is 7.57. The highest BCUT2D eigenvalue weighted by molar-refractivity contribution is 5.86. The summed E-state index contributed by atoms with van der Waals surface area (Å²) in [6.07, 6.45) is 15.5. The number of benzene rings is 1. The molecule has 0 saturated heterocycles. The monoisotopic (exact) mass is 416 g/mol. The molecule has 30 heavy (non-hydrogen) atoms. The summed E-state index contributed by atoms with van der Waals surface area (Å²) in [5.74, 6) is 0.555. The van der Waals surface area contributed by atoms with Crippen LogP contribution in [-0.2, 0) is 0 Å². The Morgan fingerprint density at radius 3 is 2.33 bits per heavy atom. The number of phenolic OH excluding ortho intramolecular Hbond substituents is 1. The molecule has 0 atom stereocenters. The molecule has 0 spiro atoms. The van der Waals surface area contributed by atoms with Gasteiger partial charge in [0.15, 0.2) is 5.75 Å². The maximum absolute atomic E-state index is 12.5. The number of rotatable bonds is 15. The minimum atomic E-state index is -0.585. The van der Waals surface area contributed by atoms with E-state index >= 15 is 0 Å². The Kier molecular flexibility index (Phi) is 10.9. The van der Waals surface area contributed by atoms with Crippen LogP contribution < -0.4 is 15.1 Å². The maximum Gasteiger partial charge on any atom is 0.383 e. The molecular formula is C25H36O5. The maximum atomic E-state index is 12.5. The third-order valence-electron chi connectivity index (χ3n) is 4.98. The van der Waals surface area contributed by atoms with Crippen LogP contribution in [0.2, 0.25) is 0 Å². The highest BCUT2D eigenvalue weighted by atomic mass is 16.5.